The van der Waals surface area contributed by atoms with Crippen LogP contribution in [0.1, 0.15) is 32.8 Å². The second-order valence-corrected chi connectivity index (χ2v) is 6.60. The molecule has 0 bridgehead atoms. The lowest BCUT2D eigenvalue weighted by Gasteiger charge is -2.19. The van der Waals surface area contributed by atoms with Gasteiger partial charge < -0.3 is 25.8 Å². The summed E-state index contributed by atoms with van der Waals surface area (Å²) in [5.74, 6) is -0.0956. The van der Waals surface area contributed by atoms with Gasteiger partial charge in [0.25, 0.3) is 0 Å². The van der Waals surface area contributed by atoms with Crippen molar-refractivity contribution in [3.63, 3.8) is 0 Å². The van der Waals surface area contributed by atoms with Crippen molar-refractivity contribution in [2.75, 3.05) is 13.1 Å². The van der Waals surface area contributed by atoms with E-state index < -0.39 is 18.1 Å². The van der Waals surface area contributed by atoms with Gasteiger partial charge in [-0.3, -0.25) is 0 Å². The van der Waals surface area contributed by atoms with Gasteiger partial charge in [0.1, 0.15) is 11.4 Å². The van der Waals surface area contributed by atoms with E-state index in [9.17, 15) is 18.0 Å². The Kier molecular flexibility index (Phi) is 8.20. The van der Waals surface area contributed by atoms with Crippen molar-refractivity contribution in [3.8, 4) is 5.75 Å². The van der Waals surface area contributed by atoms with Gasteiger partial charge in [-0.05, 0) is 44.9 Å². The van der Waals surface area contributed by atoms with Crippen LogP contribution in [-0.4, -0.2) is 37.1 Å². The zero-order valence-electron chi connectivity index (χ0n) is 15.5. The minimum atomic E-state index is -4.72. The third-order valence-electron chi connectivity index (χ3n) is 2.92. The fourth-order valence-electron chi connectivity index (χ4n) is 1.84. The first-order chi connectivity index (χ1) is 12.4. The molecule has 0 radical (unpaired) electrons. The number of alkyl halides is 3. The fraction of sp³-hybridized carbons (Fsp3) is 0.529. The second kappa shape index (κ2) is 9.89. The van der Waals surface area contributed by atoms with E-state index in [0.29, 0.717) is 25.1 Å². The highest BCUT2D eigenvalue weighted by Crippen LogP contribution is 2.22. The summed E-state index contributed by atoms with van der Waals surface area (Å²) in [5.41, 5.74) is 5.85. The predicted octanol–water partition coefficient (Wildman–Crippen LogP) is 2.90. The summed E-state index contributed by atoms with van der Waals surface area (Å²) in [6, 6.07) is 5.37. The average molecular weight is 390 g/mol. The lowest BCUT2D eigenvalue weighted by molar-refractivity contribution is -0.274. The third kappa shape index (κ3) is 11.6. The van der Waals surface area contributed by atoms with E-state index in [1.165, 1.54) is 24.3 Å². The topological polar surface area (TPSA) is 98.0 Å². The minimum absolute atomic E-state index is 0.197. The van der Waals surface area contributed by atoms with Crippen molar-refractivity contribution in [3.05, 3.63) is 29.8 Å². The van der Waals surface area contributed by atoms with Crippen LogP contribution in [0.3, 0.4) is 0 Å². The van der Waals surface area contributed by atoms with Gasteiger partial charge in [-0.2, -0.15) is 0 Å². The number of nitrogens with one attached hydrogen (secondary N) is 2. The zero-order valence-corrected chi connectivity index (χ0v) is 15.5. The molecule has 0 fully saturated rings. The van der Waals surface area contributed by atoms with Crippen LogP contribution < -0.4 is 21.1 Å². The van der Waals surface area contributed by atoms with Crippen molar-refractivity contribution in [1.29, 1.82) is 0 Å². The maximum absolute atomic E-state index is 12.1. The first-order valence-electron chi connectivity index (χ1n) is 8.30. The number of rotatable bonds is 7. The van der Waals surface area contributed by atoms with Crippen molar-refractivity contribution in [1.82, 2.24) is 10.6 Å². The number of nitrogens with two attached hydrogens (primary N) is 1. The van der Waals surface area contributed by atoms with Crippen LogP contribution in [0.4, 0.5) is 18.0 Å². The molecule has 0 aliphatic rings. The van der Waals surface area contributed by atoms with Gasteiger partial charge in [-0.1, -0.05) is 12.1 Å². The molecule has 152 valence electrons. The smallest absolute Gasteiger partial charge is 0.444 e. The van der Waals surface area contributed by atoms with Crippen LogP contribution in [0.5, 0.6) is 5.75 Å². The number of nitrogens with zero attached hydrogens (tertiary/aromatic N) is 1. The Hall–Kier alpha value is -2.65. The summed E-state index contributed by atoms with van der Waals surface area (Å²) in [6.07, 6.45) is -4.59. The Bertz CT molecular complexity index is 626. The van der Waals surface area contributed by atoms with Crippen LogP contribution >= 0.6 is 0 Å². The number of alkyl carbamates (subject to hydrolysis) is 1. The Balaban J connectivity index is 2.26. The quantitative estimate of drug-likeness (QED) is 0.378. The van der Waals surface area contributed by atoms with E-state index in [1.807, 2.05) is 0 Å². The molecule has 7 nitrogen and oxygen atoms in total. The second-order valence-electron chi connectivity index (χ2n) is 6.60. The first-order valence-corrected chi connectivity index (χ1v) is 8.30. The lowest BCUT2D eigenvalue weighted by Crippen LogP contribution is -2.36. The fourth-order valence-corrected chi connectivity index (χ4v) is 1.84. The molecule has 0 saturated carbocycles. The summed E-state index contributed by atoms with van der Waals surface area (Å²) in [5, 5.41) is 5.50. The Morgan fingerprint density at radius 1 is 1.11 bits per heavy atom. The van der Waals surface area contributed by atoms with E-state index in [2.05, 4.69) is 20.4 Å². The molecule has 0 saturated heterocycles. The summed E-state index contributed by atoms with van der Waals surface area (Å²) in [7, 11) is 0. The molecule has 1 rings (SSSR count). The maximum Gasteiger partial charge on any atom is 0.573 e. The van der Waals surface area contributed by atoms with Crippen LogP contribution in [0, 0.1) is 0 Å². The van der Waals surface area contributed by atoms with E-state index in [1.54, 1.807) is 20.8 Å². The maximum atomic E-state index is 12.1. The van der Waals surface area contributed by atoms with E-state index in [-0.39, 0.29) is 18.3 Å². The molecule has 0 unspecified atom stereocenters. The SMILES string of the molecule is CC(C)(C)OC(=O)NCCCNC(N)=NCc1ccc(OC(F)(F)F)cc1. The molecular formula is C17H25F3N4O3. The number of hydrogen-bond acceptors (Lipinski definition) is 4. The molecular weight excluding hydrogens is 365 g/mol. The minimum Gasteiger partial charge on any atom is -0.444 e. The summed E-state index contributed by atoms with van der Waals surface area (Å²) < 4.78 is 45.1. The number of hydrogen-bond donors (Lipinski definition) is 3. The number of guanidine groups is 1. The van der Waals surface area contributed by atoms with Crippen molar-refractivity contribution in [2.24, 2.45) is 10.7 Å². The molecule has 27 heavy (non-hydrogen) atoms. The number of halogens is 3. The molecule has 0 atom stereocenters. The monoisotopic (exact) mass is 390 g/mol. The van der Waals surface area contributed by atoms with Gasteiger partial charge in [0.15, 0.2) is 5.96 Å². The van der Waals surface area contributed by atoms with Crippen molar-refractivity contribution in [2.45, 2.75) is 45.7 Å². The van der Waals surface area contributed by atoms with Crippen molar-refractivity contribution < 1.29 is 27.4 Å². The van der Waals surface area contributed by atoms with Crippen LogP contribution in [-0.2, 0) is 11.3 Å². The standard InChI is InChI=1S/C17H25F3N4O3/c1-16(2,3)27-15(25)23-10-4-9-22-14(21)24-11-12-5-7-13(8-6-12)26-17(18,19)20/h5-8H,4,9-11H2,1-3H3,(H,23,25)(H3,21,22,24). The number of carbonyl (C=O) groups is 1. The highest BCUT2D eigenvalue weighted by Gasteiger charge is 2.30. The predicted molar refractivity (Wildman–Crippen MR) is 95.3 cm³/mol. The lowest BCUT2D eigenvalue weighted by atomic mass is 10.2. The van der Waals surface area contributed by atoms with Gasteiger partial charge in [0.05, 0.1) is 6.54 Å². The van der Waals surface area contributed by atoms with Crippen LogP contribution in [0.25, 0.3) is 0 Å². The van der Waals surface area contributed by atoms with E-state index in [4.69, 9.17) is 10.5 Å². The number of aliphatic imine (C=N–C) groups is 1. The Morgan fingerprint density at radius 2 is 1.70 bits per heavy atom. The van der Waals surface area contributed by atoms with Crippen molar-refractivity contribution >= 4 is 12.1 Å². The molecule has 0 aromatic heterocycles. The molecule has 10 heteroatoms. The third-order valence-corrected chi connectivity index (χ3v) is 2.92. The number of benzene rings is 1. The molecule has 0 aliphatic carbocycles. The molecule has 0 aliphatic heterocycles. The van der Waals surface area contributed by atoms with Gasteiger partial charge >= 0.3 is 12.5 Å². The Labute approximate surface area is 156 Å². The normalized spacial score (nSPS) is 12.4. The Morgan fingerprint density at radius 3 is 2.26 bits per heavy atom. The number of carbonyl (C=O) groups excluding carboxylic acids is 1. The molecule has 1 aromatic rings. The highest BCUT2D eigenvalue weighted by molar-refractivity contribution is 5.77. The first kappa shape index (κ1) is 22.4. The molecule has 0 heterocycles. The summed E-state index contributed by atoms with van der Waals surface area (Å²) in [6.45, 7) is 6.45. The van der Waals surface area contributed by atoms with Gasteiger partial charge in [0.2, 0.25) is 0 Å². The summed E-state index contributed by atoms with van der Waals surface area (Å²) in [4.78, 5) is 15.5. The van der Waals surface area contributed by atoms with Crippen LogP contribution in [0.15, 0.2) is 29.3 Å². The molecule has 1 amide bonds. The number of amides is 1. The van der Waals surface area contributed by atoms with Gasteiger partial charge in [-0.25, -0.2) is 9.79 Å². The van der Waals surface area contributed by atoms with Crippen LogP contribution in [0.2, 0.25) is 0 Å². The highest BCUT2D eigenvalue weighted by atomic mass is 19.4. The van der Waals surface area contributed by atoms with E-state index >= 15 is 0 Å². The average Bonchev–Trinajstić information content (AvgIpc) is 2.50. The summed E-state index contributed by atoms with van der Waals surface area (Å²) >= 11 is 0. The molecule has 4 N–H and O–H groups in total. The number of ether oxygens (including phenoxy) is 2. The molecule has 0 spiro atoms. The van der Waals surface area contributed by atoms with Gasteiger partial charge in [-0.15, -0.1) is 13.2 Å². The molecule has 1 aromatic carbocycles. The van der Waals surface area contributed by atoms with Gasteiger partial charge in [0, 0.05) is 13.1 Å². The largest absolute Gasteiger partial charge is 0.573 e. The van der Waals surface area contributed by atoms with E-state index in [0.717, 1.165) is 0 Å². The zero-order chi connectivity index (χ0) is 20.5.